The van der Waals surface area contributed by atoms with E-state index in [1.54, 1.807) is 6.07 Å². The van der Waals surface area contributed by atoms with E-state index in [4.69, 9.17) is 9.84 Å². The van der Waals surface area contributed by atoms with Gasteiger partial charge in [-0.2, -0.15) is 0 Å². The Hall–Kier alpha value is -1.76. The van der Waals surface area contributed by atoms with Crippen molar-refractivity contribution in [2.75, 3.05) is 0 Å². The Morgan fingerprint density at radius 1 is 1.24 bits per heavy atom. The van der Waals surface area contributed by atoms with E-state index in [1.807, 2.05) is 0 Å². The van der Waals surface area contributed by atoms with E-state index < -0.39 is 18.1 Å². The van der Waals surface area contributed by atoms with Crippen molar-refractivity contribution < 1.29 is 32.5 Å². The molecule has 0 heterocycles. The van der Waals surface area contributed by atoms with E-state index >= 15 is 0 Å². The number of benzene rings is 1. The van der Waals surface area contributed by atoms with Gasteiger partial charge < -0.3 is 9.84 Å². The molecule has 94 valence electrons. The molecular formula is C10H9F3O4. The van der Waals surface area contributed by atoms with E-state index in [2.05, 4.69) is 4.74 Å². The van der Waals surface area contributed by atoms with E-state index in [0.29, 0.717) is 6.92 Å². The van der Waals surface area contributed by atoms with Gasteiger partial charge in [-0.15, -0.1) is 13.2 Å². The van der Waals surface area contributed by atoms with Gasteiger partial charge >= 0.3 is 18.1 Å². The summed E-state index contributed by atoms with van der Waals surface area (Å²) in [6, 6.07) is 7.23. The number of alkyl halides is 3. The normalized spacial score (nSPS) is 15.1. The number of para-hydroxylation sites is 1. The molecule has 17 heavy (non-hydrogen) atoms. The van der Waals surface area contributed by atoms with Crippen molar-refractivity contribution in [1.29, 1.82) is 0 Å². The van der Waals surface area contributed by atoms with Crippen molar-refractivity contribution in [3.05, 3.63) is 30.3 Å². The third-order valence-electron chi connectivity index (χ3n) is 1.75. The van der Waals surface area contributed by atoms with E-state index in [1.165, 1.54) is 24.3 Å². The maximum Gasteiger partial charge on any atom is 0.526 e. The second kappa shape index (κ2) is 4.62. The van der Waals surface area contributed by atoms with Gasteiger partial charge in [-0.1, -0.05) is 18.2 Å². The molecule has 1 atom stereocenters. The van der Waals surface area contributed by atoms with E-state index in [-0.39, 0.29) is 5.75 Å². The molecule has 0 aliphatic carbocycles. The summed E-state index contributed by atoms with van der Waals surface area (Å²) in [4.78, 5) is 10.8. The van der Waals surface area contributed by atoms with Crippen LogP contribution in [-0.4, -0.2) is 23.2 Å². The molecule has 1 unspecified atom stereocenters. The van der Waals surface area contributed by atoms with Crippen LogP contribution in [0, 0.1) is 0 Å². The van der Waals surface area contributed by atoms with Crippen LogP contribution < -0.4 is 4.74 Å². The minimum Gasteiger partial charge on any atom is -0.476 e. The molecule has 4 nitrogen and oxygen atoms in total. The van der Waals surface area contributed by atoms with Gasteiger partial charge in [0.25, 0.3) is 0 Å². The van der Waals surface area contributed by atoms with Crippen molar-refractivity contribution in [3.63, 3.8) is 0 Å². The molecule has 0 saturated heterocycles. The first-order valence-corrected chi connectivity index (χ1v) is 4.47. The molecule has 0 saturated carbocycles. The Kier molecular flexibility index (Phi) is 3.62. The van der Waals surface area contributed by atoms with Crippen LogP contribution in [0.3, 0.4) is 0 Å². The minimum absolute atomic E-state index is 0.0401. The van der Waals surface area contributed by atoms with Crippen molar-refractivity contribution in [1.82, 2.24) is 0 Å². The average molecular weight is 250 g/mol. The summed E-state index contributed by atoms with van der Waals surface area (Å²) in [7, 11) is 0. The zero-order chi connectivity index (χ0) is 13.1. The molecule has 0 bridgehead atoms. The van der Waals surface area contributed by atoms with Gasteiger partial charge in [0, 0.05) is 6.92 Å². The lowest BCUT2D eigenvalue weighted by Gasteiger charge is -2.26. The van der Waals surface area contributed by atoms with Gasteiger partial charge in [0.05, 0.1) is 0 Å². The number of rotatable bonds is 4. The lowest BCUT2D eigenvalue weighted by Crippen LogP contribution is -2.47. The largest absolute Gasteiger partial charge is 0.526 e. The molecule has 1 N–H and O–H groups in total. The van der Waals surface area contributed by atoms with Crippen LogP contribution in [0.5, 0.6) is 5.75 Å². The summed E-state index contributed by atoms with van der Waals surface area (Å²) < 4.78 is 44.3. The van der Waals surface area contributed by atoms with Crippen LogP contribution in [0.1, 0.15) is 6.92 Å². The van der Waals surface area contributed by atoms with Crippen LogP contribution in [0.25, 0.3) is 0 Å². The predicted octanol–water partition coefficient (Wildman–Crippen LogP) is 2.40. The molecule has 0 aromatic heterocycles. The number of hydrogen-bond donors (Lipinski definition) is 1. The monoisotopic (exact) mass is 250 g/mol. The predicted molar refractivity (Wildman–Crippen MR) is 50.3 cm³/mol. The lowest BCUT2D eigenvalue weighted by molar-refractivity contribution is -0.389. The fraction of sp³-hybridized carbons (Fsp3) is 0.300. The van der Waals surface area contributed by atoms with E-state index in [0.717, 1.165) is 0 Å². The quantitative estimate of drug-likeness (QED) is 0.833. The van der Waals surface area contributed by atoms with Gasteiger partial charge in [-0.3, -0.25) is 0 Å². The van der Waals surface area contributed by atoms with Gasteiger partial charge in [0.2, 0.25) is 0 Å². The Morgan fingerprint density at radius 3 is 2.18 bits per heavy atom. The second-order valence-corrected chi connectivity index (χ2v) is 3.21. The Morgan fingerprint density at radius 2 is 1.76 bits per heavy atom. The summed E-state index contributed by atoms with van der Waals surface area (Å²) in [5, 5.41) is 8.71. The first-order valence-electron chi connectivity index (χ1n) is 4.47. The SMILES string of the molecule is CC(Oc1ccccc1)(OC(F)(F)F)C(=O)O. The lowest BCUT2D eigenvalue weighted by atomic mass is 10.3. The average Bonchev–Trinajstić information content (AvgIpc) is 2.15. The van der Waals surface area contributed by atoms with E-state index in [9.17, 15) is 18.0 Å². The highest BCUT2D eigenvalue weighted by Gasteiger charge is 2.48. The van der Waals surface area contributed by atoms with Crippen LogP contribution in [0.15, 0.2) is 30.3 Å². The number of ether oxygens (including phenoxy) is 2. The highest BCUT2D eigenvalue weighted by Crippen LogP contribution is 2.28. The molecule has 1 rings (SSSR count). The second-order valence-electron chi connectivity index (χ2n) is 3.21. The standard InChI is InChI=1S/C10H9F3O4/c1-9(8(14)15,17-10(11,12)13)16-7-5-3-2-4-6-7/h2-6H,1H3,(H,14,15). The fourth-order valence-corrected chi connectivity index (χ4v) is 1.04. The molecule has 1 aromatic rings. The number of halogens is 3. The number of aliphatic carboxylic acids is 1. The molecular weight excluding hydrogens is 241 g/mol. The molecule has 0 aliphatic rings. The zero-order valence-electron chi connectivity index (χ0n) is 8.69. The third-order valence-corrected chi connectivity index (χ3v) is 1.75. The Bertz CT molecular complexity index is 390. The Labute approximate surface area is 94.6 Å². The highest BCUT2D eigenvalue weighted by molar-refractivity contribution is 5.75. The van der Waals surface area contributed by atoms with Crippen LogP contribution >= 0.6 is 0 Å². The van der Waals surface area contributed by atoms with Crippen LogP contribution in [0.4, 0.5) is 13.2 Å². The molecule has 0 aliphatic heterocycles. The summed E-state index contributed by atoms with van der Waals surface area (Å²) in [6.07, 6.45) is -5.11. The zero-order valence-corrected chi connectivity index (χ0v) is 8.69. The molecule has 0 amide bonds. The molecule has 0 fully saturated rings. The Balaban J connectivity index is 2.90. The van der Waals surface area contributed by atoms with Crippen LogP contribution in [-0.2, 0) is 9.53 Å². The van der Waals surface area contributed by atoms with Crippen molar-refractivity contribution >= 4 is 5.97 Å². The smallest absolute Gasteiger partial charge is 0.476 e. The number of hydrogen-bond acceptors (Lipinski definition) is 3. The van der Waals surface area contributed by atoms with Gasteiger partial charge in [0.15, 0.2) is 0 Å². The fourth-order valence-electron chi connectivity index (χ4n) is 1.04. The highest BCUT2D eigenvalue weighted by atomic mass is 19.4. The summed E-state index contributed by atoms with van der Waals surface area (Å²) in [5.74, 6) is -4.74. The molecule has 0 spiro atoms. The van der Waals surface area contributed by atoms with Crippen LogP contribution in [0.2, 0.25) is 0 Å². The molecule has 1 aromatic carbocycles. The van der Waals surface area contributed by atoms with Crippen molar-refractivity contribution in [2.45, 2.75) is 19.1 Å². The molecule has 7 heteroatoms. The first kappa shape index (κ1) is 13.3. The molecule has 0 radical (unpaired) electrons. The van der Waals surface area contributed by atoms with Crippen molar-refractivity contribution in [2.24, 2.45) is 0 Å². The number of carboxylic acids is 1. The topological polar surface area (TPSA) is 55.8 Å². The summed E-state index contributed by atoms with van der Waals surface area (Å²) >= 11 is 0. The van der Waals surface area contributed by atoms with Gasteiger partial charge in [-0.25, -0.2) is 9.53 Å². The number of carbonyl (C=O) groups is 1. The van der Waals surface area contributed by atoms with Crippen molar-refractivity contribution in [3.8, 4) is 5.75 Å². The first-order chi connectivity index (χ1) is 7.73. The maximum atomic E-state index is 12.0. The van der Waals surface area contributed by atoms with Gasteiger partial charge in [-0.05, 0) is 12.1 Å². The summed E-state index contributed by atoms with van der Waals surface area (Å²) in [5.41, 5.74) is 0. The summed E-state index contributed by atoms with van der Waals surface area (Å²) in [6.45, 7) is 0.676. The number of carboxylic acid groups (broad SMARTS) is 1. The third kappa shape index (κ3) is 3.95. The van der Waals surface area contributed by atoms with Gasteiger partial charge in [0.1, 0.15) is 5.75 Å². The minimum atomic E-state index is -5.11. The maximum absolute atomic E-state index is 12.0.